The molecule has 1 saturated heterocycles. The number of nitrogen functional groups attached to an aromatic ring is 1. The molecular weight excluding hydrogens is 256 g/mol. The van der Waals surface area contributed by atoms with Crippen molar-refractivity contribution in [1.82, 2.24) is 19.9 Å². The maximum atomic E-state index is 5.39. The Kier molecular flexibility index (Phi) is 4.91. The van der Waals surface area contributed by atoms with Crippen LogP contribution in [-0.4, -0.2) is 60.6 Å². The fraction of sp³-hybridized carbons (Fsp3) is 0.750. The molecule has 2 heterocycles. The van der Waals surface area contributed by atoms with Crippen molar-refractivity contribution in [3.8, 4) is 0 Å². The molecule has 8 heteroatoms. The van der Waals surface area contributed by atoms with Crippen LogP contribution in [0.5, 0.6) is 0 Å². The number of anilines is 3. The van der Waals surface area contributed by atoms with Gasteiger partial charge in [0.05, 0.1) is 0 Å². The van der Waals surface area contributed by atoms with Crippen LogP contribution in [0.4, 0.5) is 17.8 Å². The molecule has 1 aliphatic heterocycles. The van der Waals surface area contributed by atoms with E-state index in [0.717, 1.165) is 19.6 Å². The SMILES string of the molecule is CN1CCC(CNc2nc(NN)nc(N(C)C)n2)CC1. The number of aromatic nitrogens is 3. The summed E-state index contributed by atoms with van der Waals surface area (Å²) in [5, 5.41) is 3.30. The van der Waals surface area contributed by atoms with Gasteiger partial charge in [-0.25, -0.2) is 5.84 Å². The predicted octanol–water partition coefficient (Wildman–Crippen LogP) is -0.0231. The predicted molar refractivity (Wildman–Crippen MR) is 80.7 cm³/mol. The van der Waals surface area contributed by atoms with Crippen molar-refractivity contribution in [3.63, 3.8) is 0 Å². The fourth-order valence-electron chi connectivity index (χ4n) is 2.21. The second-order valence-corrected chi connectivity index (χ2v) is 5.45. The third kappa shape index (κ3) is 3.91. The maximum absolute atomic E-state index is 5.39. The molecule has 1 aliphatic rings. The zero-order valence-electron chi connectivity index (χ0n) is 12.4. The standard InChI is InChI=1S/C12H24N8/c1-19(2)12-16-10(15-11(17-12)18-13)14-8-9-4-6-20(3)7-5-9/h9H,4-8,13H2,1-3H3,(H2,14,15,16,17,18). The molecule has 0 aromatic carbocycles. The topological polar surface area (TPSA) is 95.2 Å². The minimum Gasteiger partial charge on any atom is -0.354 e. The molecule has 0 bridgehead atoms. The van der Waals surface area contributed by atoms with E-state index in [2.05, 4.69) is 37.6 Å². The summed E-state index contributed by atoms with van der Waals surface area (Å²) in [5.74, 6) is 7.57. The van der Waals surface area contributed by atoms with Gasteiger partial charge in [0.25, 0.3) is 0 Å². The van der Waals surface area contributed by atoms with Crippen molar-refractivity contribution in [2.24, 2.45) is 11.8 Å². The number of piperidine rings is 1. The van der Waals surface area contributed by atoms with E-state index in [9.17, 15) is 0 Å². The number of hydrogen-bond acceptors (Lipinski definition) is 8. The Hall–Kier alpha value is -1.67. The van der Waals surface area contributed by atoms with Gasteiger partial charge in [-0.1, -0.05) is 0 Å². The fourth-order valence-corrected chi connectivity index (χ4v) is 2.21. The molecule has 4 N–H and O–H groups in total. The summed E-state index contributed by atoms with van der Waals surface area (Å²) in [7, 11) is 5.94. The third-order valence-corrected chi connectivity index (χ3v) is 3.54. The first-order valence-corrected chi connectivity index (χ1v) is 6.91. The summed E-state index contributed by atoms with van der Waals surface area (Å²) in [6, 6.07) is 0. The Labute approximate surface area is 119 Å². The monoisotopic (exact) mass is 280 g/mol. The molecule has 2 rings (SSSR count). The maximum Gasteiger partial charge on any atom is 0.243 e. The molecule has 0 atom stereocenters. The smallest absolute Gasteiger partial charge is 0.243 e. The lowest BCUT2D eigenvalue weighted by atomic mass is 9.97. The molecule has 0 radical (unpaired) electrons. The minimum atomic E-state index is 0.370. The summed E-state index contributed by atoms with van der Waals surface area (Å²) in [6.45, 7) is 3.19. The highest BCUT2D eigenvalue weighted by atomic mass is 15.4. The van der Waals surface area contributed by atoms with Gasteiger partial charge in [0.15, 0.2) is 0 Å². The highest BCUT2D eigenvalue weighted by Gasteiger charge is 2.17. The zero-order valence-corrected chi connectivity index (χ0v) is 12.4. The first kappa shape index (κ1) is 14.7. The van der Waals surface area contributed by atoms with Crippen LogP contribution in [0.15, 0.2) is 0 Å². The van der Waals surface area contributed by atoms with E-state index >= 15 is 0 Å². The van der Waals surface area contributed by atoms with E-state index in [0.29, 0.717) is 23.8 Å². The molecule has 112 valence electrons. The quantitative estimate of drug-likeness (QED) is 0.511. The van der Waals surface area contributed by atoms with Crippen LogP contribution < -0.4 is 21.5 Å². The van der Waals surface area contributed by atoms with Gasteiger partial charge >= 0.3 is 0 Å². The third-order valence-electron chi connectivity index (χ3n) is 3.54. The van der Waals surface area contributed by atoms with E-state index in [1.165, 1.54) is 12.8 Å². The molecule has 1 aromatic heterocycles. The molecular formula is C12H24N8. The molecule has 0 amide bonds. The lowest BCUT2D eigenvalue weighted by molar-refractivity contribution is 0.226. The number of rotatable bonds is 5. The number of likely N-dealkylation sites (tertiary alicyclic amines) is 1. The van der Waals surface area contributed by atoms with Gasteiger partial charge in [0.2, 0.25) is 17.8 Å². The minimum absolute atomic E-state index is 0.370. The average Bonchev–Trinajstić information content (AvgIpc) is 2.46. The number of hydrazine groups is 1. The van der Waals surface area contributed by atoms with E-state index in [1.54, 1.807) is 0 Å². The van der Waals surface area contributed by atoms with Crippen LogP contribution in [0.3, 0.4) is 0 Å². The van der Waals surface area contributed by atoms with Crippen LogP contribution in [0.1, 0.15) is 12.8 Å². The highest BCUT2D eigenvalue weighted by molar-refractivity contribution is 5.42. The van der Waals surface area contributed by atoms with Crippen LogP contribution in [-0.2, 0) is 0 Å². The Morgan fingerprint density at radius 3 is 2.45 bits per heavy atom. The van der Waals surface area contributed by atoms with Crippen molar-refractivity contribution in [1.29, 1.82) is 0 Å². The van der Waals surface area contributed by atoms with Crippen molar-refractivity contribution in [2.45, 2.75) is 12.8 Å². The zero-order chi connectivity index (χ0) is 14.5. The number of nitrogens with zero attached hydrogens (tertiary/aromatic N) is 5. The molecule has 8 nitrogen and oxygen atoms in total. The molecule has 1 aromatic rings. The van der Waals surface area contributed by atoms with E-state index in [1.807, 2.05) is 19.0 Å². The van der Waals surface area contributed by atoms with E-state index in [4.69, 9.17) is 5.84 Å². The Morgan fingerprint density at radius 2 is 1.85 bits per heavy atom. The second-order valence-electron chi connectivity index (χ2n) is 5.45. The first-order valence-electron chi connectivity index (χ1n) is 6.91. The van der Waals surface area contributed by atoms with Crippen molar-refractivity contribution < 1.29 is 0 Å². The largest absolute Gasteiger partial charge is 0.354 e. The van der Waals surface area contributed by atoms with Gasteiger partial charge in [-0.15, -0.1) is 0 Å². The highest BCUT2D eigenvalue weighted by Crippen LogP contribution is 2.17. The van der Waals surface area contributed by atoms with Crippen LogP contribution in [0, 0.1) is 5.92 Å². The Morgan fingerprint density at radius 1 is 1.20 bits per heavy atom. The molecule has 0 aliphatic carbocycles. The van der Waals surface area contributed by atoms with Crippen molar-refractivity contribution >= 4 is 17.8 Å². The lowest BCUT2D eigenvalue weighted by Crippen LogP contribution is -2.33. The van der Waals surface area contributed by atoms with Crippen molar-refractivity contribution in [3.05, 3.63) is 0 Å². The normalized spacial score (nSPS) is 17.0. The summed E-state index contributed by atoms with van der Waals surface area (Å²) >= 11 is 0. The van der Waals surface area contributed by atoms with E-state index in [-0.39, 0.29) is 0 Å². The summed E-state index contributed by atoms with van der Waals surface area (Å²) < 4.78 is 0. The Balaban J connectivity index is 1.96. The molecule has 20 heavy (non-hydrogen) atoms. The number of nitrogens with two attached hydrogens (primary N) is 1. The molecule has 0 unspecified atom stereocenters. The summed E-state index contributed by atoms with van der Waals surface area (Å²) in [6.07, 6.45) is 2.41. The summed E-state index contributed by atoms with van der Waals surface area (Å²) in [4.78, 5) is 17.0. The van der Waals surface area contributed by atoms with Gasteiger partial charge in [0, 0.05) is 20.6 Å². The van der Waals surface area contributed by atoms with Crippen LogP contribution in [0.2, 0.25) is 0 Å². The van der Waals surface area contributed by atoms with Gasteiger partial charge in [-0.2, -0.15) is 15.0 Å². The van der Waals surface area contributed by atoms with Crippen molar-refractivity contribution in [2.75, 3.05) is 56.4 Å². The van der Waals surface area contributed by atoms with Gasteiger partial charge < -0.3 is 15.1 Å². The summed E-state index contributed by atoms with van der Waals surface area (Å²) in [5.41, 5.74) is 2.47. The second kappa shape index (κ2) is 6.67. The van der Waals surface area contributed by atoms with Crippen LogP contribution >= 0.6 is 0 Å². The van der Waals surface area contributed by atoms with Gasteiger partial charge in [-0.05, 0) is 38.9 Å². The van der Waals surface area contributed by atoms with Gasteiger partial charge in [-0.3, -0.25) is 5.43 Å². The van der Waals surface area contributed by atoms with Gasteiger partial charge in [0.1, 0.15) is 0 Å². The molecule has 1 fully saturated rings. The van der Waals surface area contributed by atoms with Crippen LogP contribution in [0.25, 0.3) is 0 Å². The lowest BCUT2D eigenvalue weighted by Gasteiger charge is -2.29. The Bertz CT molecular complexity index is 427. The first-order chi connectivity index (χ1) is 9.58. The number of hydrogen-bond donors (Lipinski definition) is 3. The van der Waals surface area contributed by atoms with E-state index < -0.39 is 0 Å². The molecule has 0 saturated carbocycles. The molecule has 0 spiro atoms. The average molecular weight is 280 g/mol. The number of nitrogens with one attached hydrogen (secondary N) is 2.